The number of nitrogens with one attached hydrogen (secondary N) is 1. The lowest BCUT2D eigenvalue weighted by Gasteiger charge is -2.25. The van der Waals surface area contributed by atoms with Crippen LogP contribution in [0.5, 0.6) is 0 Å². The van der Waals surface area contributed by atoms with E-state index in [2.05, 4.69) is 10.2 Å². The Hall–Kier alpha value is -0.640. The van der Waals surface area contributed by atoms with Crippen LogP contribution in [0.15, 0.2) is 18.2 Å². The van der Waals surface area contributed by atoms with Crippen LogP contribution in [0.1, 0.15) is 31.2 Å². The molecular weight excluding hydrogens is 263 g/mol. The first-order valence-corrected chi connectivity index (χ1v) is 7.52. The van der Waals surface area contributed by atoms with Crippen molar-refractivity contribution in [2.24, 2.45) is 0 Å². The molecule has 0 spiro atoms. The molecule has 1 N–H and O–H groups in total. The predicted octanol–water partition coefficient (Wildman–Crippen LogP) is 3.20. The summed E-state index contributed by atoms with van der Waals surface area (Å²) in [5.74, 6) is -0.314. The van der Waals surface area contributed by atoms with Crippen molar-refractivity contribution in [3.05, 3.63) is 34.6 Å². The Kier molecular flexibility index (Phi) is 4.06. The van der Waals surface area contributed by atoms with Crippen molar-refractivity contribution in [3.8, 4) is 0 Å². The molecule has 1 heterocycles. The molecule has 2 fully saturated rings. The van der Waals surface area contributed by atoms with Crippen molar-refractivity contribution in [3.63, 3.8) is 0 Å². The molecule has 2 aliphatic rings. The minimum Gasteiger partial charge on any atom is -0.312 e. The van der Waals surface area contributed by atoms with Crippen LogP contribution >= 0.6 is 11.6 Å². The molecule has 1 unspecified atom stereocenters. The Balaban J connectivity index is 1.62. The highest BCUT2D eigenvalue weighted by molar-refractivity contribution is 6.31. The van der Waals surface area contributed by atoms with E-state index in [0.29, 0.717) is 6.04 Å². The summed E-state index contributed by atoms with van der Waals surface area (Å²) in [6, 6.07) is 6.40. The highest BCUT2D eigenvalue weighted by atomic mass is 35.5. The molecule has 0 radical (unpaired) electrons. The van der Waals surface area contributed by atoms with Gasteiger partial charge in [0.25, 0.3) is 0 Å². The van der Waals surface area contributed by atoms with Crippen molar-refractivity contribution >= 4 is 11.6 Å². The number of likely N-dealkylation sites (tertiary alicyclic amines) is 1. The van der Waals surface area contributed by atoms with E-state index in [0.717, 1.165) is 31.2 Å². The topological polar surface area (TPSA) is 15.3 Å². The van der Waals surface area contributed by atoms with Crippen LogP contribution in [0.25, 0.3) is 0 Å². The van der Waals surface area contributed by atoms with Crippen LogP contribution in [0, 0.1) is 5.82 Å². The van der Waals surface area contributed by atoms with E-state index in [4.69, 9.17) is 11.6 Å². The largest absolute Gasteiger partial charge is 0.312 e. The van der Waals surface area contributed by atoms with Crippen molar-refractivity contribution in [2.45, 2.75) is 44.3 Å². The predicted molar refractivity (Wildman–Crippen MR) is 75.9 cm³/mol. The lowest BCUT2D eigenvalue weighted by molar-refractivity contribution is 0.238. The molecule has 1 saturated heterocycles. The fourth-order valence-corrected chi connectivity index (χ4v) is 3.00. The van der Waals surface area contributed by atoms with Gasteiger partial charge in [-0.05, 0) is 43.9 Å². The van der Waals surface area contributed by atoms with E-state index in [9.17, 15) is 4.39 Å². The number of hydrogen-bond acceptors (Lipinski definition) is 2. The van der Waals surface area contributed by atoms with Gasteiger partial charge in [0.2, 0.25) is 0 Å². The quantitative estimate of drug-likeness (QED) is 0.892. The van der Waals surface area contributed by atoms with E-state index in [1.54, 1.807) is 6.07 Å². The summed E-state index contributed by atoms with van der Waals surface area (Å²) in [7, 11) is 0. The van der Waals surface area contributed by atoms with Crippen molar-refractivity contribution in [2.75, 3.05) is 13.1 Å². The fourth-order valence-electron chi connectivity index (χ4n) is 2.81. The SMILES string of the molecule is Fc1cccc(CN2CCCC2CNC2CC2)c1Cl. The van der Waals surface area contributed by atoms with Crippen LogP contribution in [0.2, 0.25) is 5.02 Å². The molecule has 104 valence electrons. The maximum Gasteiger partial charge on any atom is 0.142 e. The van der Waals surface area contributed by atoms with Gasteiger partial charge in [0, 0.05) is 25.2 Å². The second kappa shape index (κ2) is 5.78. The molecular formula is C15H20ClFN2. The van der Waals surface area contributed by atoms with E-state index < -0.39 is 0 Å². The van der Waals surface area contributed by atoms with Crippen LogP contribution in [0.4, 0.5) is 4.39 Å². The van der Waals surface area contributed by atoms with Crippen molar-refractivity contribution < 1.29 is 4.39 Å². The monoisotopic (exact) mass is 282 g/mol. The van der Waals surface area contributed by atoms with E-state index in [-0.39, 0.29) is 10.8 Å². The maximum atomic E-state index is 13.4. The second-order valence-electron chi connectivity index (χ2n) is 5.66. The number of rotatable bonds is 5. The summed E-state index contributed by atoms with van der Waals surface area (Å²) >= 11 is 6.04. The molecule has 1 aliphatic carbocycles. The Bertz CT molecular complexity index is 448. The summed E-state index contributed by atoms with van der Waals surface area (Å²) in [6.45, 7) is 2.90. The molecule has 1 aromatic rings. The molecule has 1 aliphatic heterocycles. The van der Waals surface area contributed by atoms with Gasteiger partial charge in [-0.1, -0.05) is 23.7 Å². The summed E-state index contributed by atoms with van der Waals surface area (Å²) in [6.07, 6.45) is 5.10. The Morgan fingerprint density at radius 3 is 2.95 bits per heavy atom. The molecule has 19 heavy (non-hydrogen) atoms. The van der Waals surface area contributed by atoms with Gasteiger partial charge in [-0.15, -0.1) is 0 Å². The van der Waals surface area contributed by atoms with Gasteiger partial charge < -0.3 is 5.32 Å². The number of hydrogen-bond donors (Lipinski definition) is 1. The van der Waals surface area contributed by atoms with Crippen LogP contribution in [0.3, 0.4) is 0 Å². The van der Waals surface area contributed by atoms with Crippen molar-refractivity contribution in [1.29, 1.82) is 0 Å². The minimum atomic E-state index is -0.314. The normalized spacial score (nSPS) is 24.0. The lowest BCUT2D eigenvalue weighted by Crippen LogP contribution is -2.38. The minimum absolute atomic E-state index is 0.281. The zero-order valence-corrected chi connectivity index (χ0v) is 11.8. The highest BCUT2D eigenvalue weighted by Crippen LogP contribution is 2.26. The molecule has 1 aromatic carbocycles. The summed E-state index contributed by atoms with van der Waals surface area (Å²) in [5, 5.41) is 3.87. The Morgan fingerprint density at radius 1 is 1.32 bits per heavy atom. The van der Waals surface area contributed by atoms with Crippen LogP contribution < -0.4 is 5.32 Å². The Morgan fingerprint density at radius 2 is 2.16 bits per heavy atom. The average Bonchev–Trinajstić information content (AvgIpc) is 3.13. The molecule has 0 aromatic heterocycles. The second-order valence-corrected chi connectivity index (χ2v) is 6.04. The molecule has 1 saturated carbocycles. The van der Waals surface area contributed by atoms with Crippen LogP contribution in [-0.2, 0) is 6.54 Å². The highest BCUT2D eigenvalue weighted by Gasteiger charge is 2.28. The Labute approximate surface area is 118 Å². The smallest absolute Gasteiger partial charge is 0.142 e. The average molecular weight is 283 g/mol. The van der Waals surface area contributed by atoms with E-state index >= 15 is 0 Å². The molecule has 0 amide bonds. The van der Waals surface area contributed by atoms with Gasteiger partial charge in [-0.25, -0.2) is 4.39 Å². The molecule has 3 rings (SSSR count). The first kappa shape index (κ1) is 13.3. The third-order valence-corrected chi connectivity index (χ3v) is 4.55. The lowest BCUT2D eigenvalue weighted by atomic mass is 10.1. The van der Waals surface area contributed by atoms with Gasteiger partial charge in [0.1, 0.15) is 5.82 Å². The number of benzene rings is 1. The third kappa shape index (κ3) is 3.28. The zero-order chi connectivity index (χ0) is 13.2. The van der Waals surface area contributed by atoms with Gasteiger partial charge >= 0.3 is 0 Å². The standard InChI is InChI=1S/C15H20ClFN2/c16-15-11(3-1-5-14(15)17)10-19-8-2-4-13(19)9-18-12-6-7-12/h1,3,5,12-13,18H,2,4,6-10H2. The van der Waals surface area contributed by atoms with Gasteiger partial charge in [-0.2, -0.15) is 0 Å². The van der Waals surface area contributed by atoms with Gasteiger partial charge in [-0.3, -0.25) is 4.90 Å². The van der Waals surface area contributed by atoms with Crippen LogP contribution in [-0.4, -0.2) is 30.1 Å². The zero-order valence-electron chi connectivity index (χ0n) is 11.0. The van der Waals surface area contributed by atoms with Gasteiger partial charge in [0.15, 0.2) is 0 Å². The third-order valence-electron chi connectivity index (χ3n) is 4.12. The first-order chi connectivity index (χ1) is 9.24. The maximum absolute atomic E-state index is 13.4. The van der Waals surface area contributed by atoms with E-state index in [1.165, 1.54) is 31.7 Å². The molecule has 4 heteroatoms. The van der Waals surface area contributed by atoms with E-state index in [1.807, 2.05) is 6.07 Å². The van der Waals surface area contributed by atoms with Gasteiger partial charge in [0.05, 0.1) is 5.02 Å². The summed E-state index contributed by atoms with van der Waals surface area (Å²) in [4.78, 5) is 2.43. The molecule has 1 atom stereocenters. The van der Waals surface area contributed by atoms with Crippen molar-refractivity contribution in [1.82, 2.24) is 10.2 Å². The number of nitrogens with zero attached hydrogens (tertiary/aromatic N) is 1. The fraction of sp³-hybridized carbons (Fsp3) is 0.600. The molecule has 2 nitrogen and oxygen atoms in total. The molecule has 0 bridgehead atoms. The summed E-state index contributed by atoms with van der Waals surface area (Å²) in [5.41, 5.74) is 0.903. The number of halogens is 2. The summed E-state index contributed by atoms with van der Waals surface area (Å²) < 4.78 is 13.4. The first-order valence-electron chi connectivity index (χ1n) is 7.14.